The second-order valence-corrected chi connectivity index (χ2v) is 10.8. The summed E-state index contributed by atoms with van der Waals surface area (Å²) in [7, 11) is 0. The summed E-state index contributed by atoms with van der Waals surface area (Å²) in [6.45, 7) is 3.19. The molecule has 4 aromatic heterocycles. The van der Waals surface area contributed by atoms with Crippen molar-refractivity contribution in [1.29, 1.82) is 5.26 Å². The van der Waals surface area contributed by atoms with Crippen LogP contribution in [-0.4, -0.2) is 60.0 Å². The summed E-state index contributed by atoms with van der Waals surface area (Å²) in [5.41, 5.74) is 3.09. The van der Waals surface area contributed by atoms with Crippen LogP contribution in [0, 0.1) is 22.6 Å². The van der Waals surface area contributed by atoms with Crippen molar-refractivity contribution in [2.24, 2.45) is 5.41 Å². The average Bonchev–Trinajstić information content (AvgIpc) is 3.62. The zero-order chi connectivity index (χ0) is 27.9. The fourth-order valence-corrected chi connectivity index (χ4v) is 6.01. The summed E-state index contributed by atoms with van der Waals surface area (Å²) in [6, 6.07) is 6.95. The van der Waals surface area contributed by atoms with Gasteiger partial charge >= 0.3 is 0 Å². The summed E-state index contributed by atoms with van der Waals surface area (Å²) in [4.78, 5) is 18.1. The molecule has 1 atom stereocenters. The van der Waals surface area contributed by atoms with Crippen LogP contribution in [0.15, 0.2) is 49.2 Å². The summed E-state index contributed by atoms with van der Waals surface area (Å²) in [6.07, 6.45) is 12.0. The molecule has 4 aromatic rings. The molecule has 11 heteroatoms. The number of hydrogen-bond acceptors (Lipinski definition) is 7. The van der Waals surface area contributed by atoms with Crippen molar-refractivity contribution in [3.63, 3.8) is 0 Å². The largest absolute Gasteiger partial charge is 0.479 e. The number of hydrogen-bond donors (Lipinski definition) is 1. The summed E-state index contributed by atoms with van der Waals surface area (Å²) in [5, 5.41) is 28.7. The smallest absolute Gasteiger partial charge is 0.222 e. The number of aromatic nitrogens is 5. The van der Waals surface area contributed by atoms with E-state index in [1.807, 2.05) is 28.9 Å². The number of amides is 1. The first kappa shape index (κ1) is 26.0. The molecule has 0 radical (unpaired) electrons. The Balaban J connectivity index is 1.23. The van der Waals surface area contributed by atoms with E-state index in [1.54, 1.807) is 16.8 Å². The molecular formula is C29H30FN7O3. The molecular weight excluding hydrogens is 513 g/mol. The Labute approximate surface area is 230 Å². The predicted octanol–water partition coefficient (Wildman–Crippen LogP) is 4.07. The van der Waals surface area contributed by atoms with Gasteiger partial charge in [0.25, 0.3) is 0 Å². The fourth-order valence-electron chi connectivity index (χ4n) is 6.01. The van der Waals surface area contributed by atoms with E-state index in [4.69, 9.17) is 4.74 Å². The molecule has 6 rings (SSSR count). The highest BCUT2D eigenvalue weighted by Crippen LogP contribution is 2.54. The lowest BCUT2D eigenvalue weighted by Gasteiger charge is -2.52. The first-order valence-electron chi connectivity index (χ1n) is 13.5. The standard InChI is InChI=1S/C29H30FN7O3/c1-2-27(39)35-7-5-29(6-8-35)10-23(11-29)36-17-21(14-33-36)19-9-25(28-20(12-31)13-34-37(28)16-19)40-26(18-38)24-4-3-22(30)15-32-24/h3-4,9,13-17,23,26,38H,2,5-8,10-11,18H2,1H3/t26-/m0/s1. The van der Waals surface area contributed by atoms with E-state index in [9.17, 15) is 19.6 Å². The molecule has 1 aliphatic heterocycles. The molecule has 1 N–H and O–H groups in total. The van der Waals surface area contributed by atoms with Gasteiger partial charge in [0.05, 0.1) is 36.9 Å². The van der Waals surface area contributed by atoms with E-state index in [-0.39, 0.29) is 11.3 Å². The Morgan fingerprint density at radius 3 is 2.67 bits per heavy atom. The van der Waals surface area contributed by atoms with E-state index in [1.165, 1.54) is 18.3 Å². The van der Waals surface area contributed by atoms with Gasteiger partial charge < -0.3 is 14.7 Å². The van der Waals surface area contributed by atoms with Gasteiger partial charge in [0, 0.05) is 43.0 Å². The SMILES string of the molecule is CCC(=O)N1CCC2(CC1)CC(n1cc(-c3cc(O[C@@H](CO)c4ccc(F)cn4)c4c(C#N)cnn4c3)cn1)C2. The molecule has 40 heavy (non-hydrogen) atoms. The van der Waals surface area contributed by atoms with Crippen molar-refractivity contribution in [1.82, 2.24) is 29.3 Å². The number of fused-ring (bicyclic) bond motifs is 1. The highest BCUT2D eigenvalue weighted by Gasteiger charge is 2.47. The topological polar surface area (TPSA) is 122 Å². The number of nitriles is 1. The van der Waals surface area contributed by atoms with Crippen LogP contribution in [0.2, 0.25) is 0 Å². The minimum absolute atomic E-state index is 0.237. The van der Waals surface area contributed by atoms with Gasteiger partial charge in [0.1, 0.15) is 28.7 Å². The number of likely N-dealkylation sites (tertiary alicyclic amines) is 1. The highest BCUT2D eigenvalue weighted by molar-refractivity contribution is 5.76. The molecule has 206 valence electrons. The fraction of sp³-hybridized carbons (Fsp3) is 0.414. The average molecular weight is 544 g/mol. The van der Waals surface area contributed by atoms with Crippen LogP contribution in [0.4, 0.5) is 4.39 Å². The number of ether oxygens (including phenoxy) is 1. The molecule has 10 nitrogen and oxygen atoms in total. The summed E-state index contributed by atoms with van der Waals surface area (Å²) >= 11 is 0. The van der Waals surface area contributed by atoms with Crippen LogP contribution in [0.25, 0.3) is 16.6 Å². The number of piperidine rings is 1. The van der Waals surface area contributed by atoms with Crippen LogP contribution in [0.1, 0.15) is 62.4 Å². The Kier molecular flexibility index (Phi) is 6.72. The normalized spacial score (nSPS) is 17.5. The van der Waals surface area contributed by atoms with E-state index in [2.05, 4.69) is 21.3 Å². The van der Waals surface area contributed by atoms with Crippen LogP contribution in [0.5, 0.6) is 5.75 Å². The predicted molar refractivity (Wildman–Crippen MR) is 143 cm³/mol. The molecule has 1 spiro atoms. The van der Waals surface area contributed by atoms with Crippen molar-refractivity contribution >= 4 is 11.4 Å². The molecule has 0 aromatic carbocycles. The van der Waals surface area contributed by atoms with Crippen molar-refractivity contribution in [2.75, 3.05) is 19.7 Å². The third-order valence-corrected chi connectivity index (χ3v) is 8.34. The lowest BCUT2D eigenvalue weighted by molar-refractivity contribution is -0.135. The first-order chi connectivity index (χ1) is 19.4. The quantitative estimate of drug-likeness (QED) is 0.373. The van der Waals surface area contributed by atoms with Gasteiger partial charge in [-0.3, -0.25) is 14.5 Å². The second-order valence-electron chi connectivity index (χ2n) is 10.8. The molecule has 5 heterocycles. The van der Waals surface area contributed by atoms with Crippen LogP contribution in [-0.2, 0) is 4.79 Å². The molecule has 0 bridgehead atoms. The number of pyridine rings is 2. The van der Waals surface area contributed by atoms with E-state index in [0.717, 1.165) is 56.1 Å². The molecule has 1 saturated carbocycles. The molecule has 1 amide bonds. The van der Waals surface area contributed by atoms with Gasteiger partial charge in [-0.05, 0) is 49.3 Å². The molecule has 1 saturated heterocycles. The minimum Gasteiger partial charge on any atom is -0.479 e. The third kappa shape index (κ3) is 4.69. The van der Waals surface area contributed by atoms with Crippen molar-refractivity contribution in [2.45, 2.75) is 51.2 Å². The van der Waals surface area contributed by atoms with E-state index < -0.39 is 18.5 Å². The number of carbonyl (C=O) groups is 1. The Morgan fingerprint density at radius 2 is 2.00 bits per heavy atom. The van der Waals surface area contributed by atoms with E-state index in [0.29, 0.717) is 35.0 Å². The summed E-state index contributed by atoms with van der Waals surface area (Å²) < 4.78 is 23.2. The summed E-state index contributed by atoms with van der Waals surface area (Å²) in [5.74, 6) is 0.0976. The molecule has 0 unspecified atom stereocenters. The second kappa shape index (κ2) is 10.4. The number of aliphatic hydroxyl groups is 1. The Hall–Kier alpha value is -4.30. The Bertz CT molecular complexity index is 1570. The van der Waals surface area contributed by atoms with Gasteiger partial charge in [-0.2, -0.15) is 15.5 Å². The van der Waals surface area contributed by atoms with Gasteiger partial charge in [-0.1, -0.05) is 6.92 Å². The number of aliphatic hydroxyl groups excluding tert-OH is 1. The van der Waals surface area contributed by atoms with Crippen molar-refractivity contribution in [3.8, 4) is 22.9 Å². The maximum absolute atomic E-state index is 13.4. The molecule has 2 fully saturated rings. The zero-order valence-corrected chi connectivity index (χ0v) is 22.2. The highest BCUT2D eigenvalue weighted by atomic mass is 19.1. The van der Waals surface area contributed by atoms with Crippen molar-refractivity contribution in [3.05, 3.63) is 66.3 Å². The number of halogens is 1. The monoisotopic (exact) mass is 543 g/mol. The molecule has 2 aliphatic rings. The van der Waals surface area contributed by atoms with Crippen LogP contribution in [0.3, 0.4) is 0 Å². The van der Waals surface area contributed by atoms with Gasteiger partial charge in [-0.25, -0.2) is 8.91 Å². The number of rotatable bonds is 7. The number of nitrogens with zero attached hydrogens (tertiary/aromatic N) is 7. The third-order valence-electron chi connectivity index (χ3n) is 8.34. The maximum Gasteiger partial charge on any atom is 0.222 e. The van der Waals surface area contributed by atoms with E-state index >= 15 is 0 Å². The van der Waals surface area contributed by atoms with Crippen LogP contribution < -0.4 is 4.74 Å². The lowest BCUT2D eigenvalue weighted by Crippen LogP contribution is -2.49. The van der Waals surface area contributed by atoms with Crippen LogP contribution >= 0.6 is 0 Å². The van der Waals surface area contributed by atoms with Gasteiger partial charge in [0.2, 0.25) is 5.91 Å². The lowest BCUT2D eigenvalue weighted by atomic mass is 9.60. The zero-order valence-electron chi connectivity index (χ0n) is 22.2. The maximum atomic E-state index is 13.4. The van der Waals surface area contributed by atoms with Crippen molar-refractivity contribution < 1.29 is 19.0 Å². The minimum atomic E-state index is -0.867. The molecule has 1 aliphatic carbocycles. The van der Waals surface area contributed by atoms with Gasteiger partial charge in [0.15, 0.2) is 6.10 Å². The number of carbonyl (C=O) groups excluding carboxylic acids is 1. The first-order valence-corrected chi connectivity index (χ1v) is 13.5. The Morgan fingerprint density at radius 1 is 1.20 bits per heavy atom. The van der Waals surface area contributed by atoms with Gasteiger partial charge in [-0.15, -0.1) is 0 Å².